The third-order valence-corrected chi connectivity index (χ3v) is 7.67. The Balaban J connectivity index is 1.16. The third kappa shape index (κ3) is 3.41. The minimum atomic E-state index is -0.280. The molecule has 1 aliphatic heterocycles. The quantitative estimate of drug-likeness (QED) is 0.431. The number of nitrogens with one attached hydrogen (secondary N) is 1. The van der Waals surface area contributed by atoms with E-state index in [-0.39, 0.29) is 12.7 Å². The highest BCUT2D eigenvalue weighted by Crippen LogP contribution is 2.38. The normalized spacial score (nSPS) is 13.7. The van der Waals surface area contributed by atoms with Gasteiger partial charge in [0.05, 0.1) is 5.75 Å². The lowest BCUT2D eigenvalue weighted by Crippen LogP contribution is -2.11. The highest BCUT2D eigenvalue weighted by atomic mass is 32.2. The second kappa shape index (κ2) is 7.55. The number of hydrogen-bond acceptors (Lipinski definition) is 7. The number of fused-ring (bicyclic) bond motifs is 1. The Labute approximate surface area is 186 Å². The van der Waals surface area contributed by atoms with Crippen molar-refractivity contribution in [3.63, 3.8) is 0 Å². The standard InChI is InChI=1S/C23H17N3O3S2/c27-22(24-15-7-8-17-18(10-15)29-12-28-17)23-26-25-20(31-23)11-30-19-9-6-14-5-4-13-2-1-3-16(19)21(13)14/h1-3,6-10H,4-5,11-12H2,(H,24,27). The van der Waals surface area contributed by atoms with Crippen LogP contribution in [-0.4, -0.2) is 22.9 Å². The predicted molar refractivity (Wildman–Crippen MR) is 121 cm³/mol. The number of thioether (sulfide) groups is 1. The van der Waals surface area contributed by atoms with Crippen molar-refractivity contribution in [3.8, 4) is 11.5 Å². The summed E-state index contributed by atoms with van der Waals surface area (Å²) in [5, 5.41) is 15.0. The molecule has 31 heavy (non-hydrogen) atoms. The largest absolute Gasteiger partial charge is 0.454 e. The summed E-state index contributed by atoms with van der Waals surface area (Å²) < 4.78 is 10.6. The van der Waals surface area contributed by atoms with Crippen LogP contribution in [0.1, 0.15) is 25.9 Å². The molecule has 2 heterocycles. The van der Waals surface area contributed by atoms with Crippen LogP contribution in [0.5, 0.6) is 11.5 Å². The van der Waals surface area contributed by atoms with E-state index in [0.29, 0.717) is 27.9 Å². The number of amides is 1. The summed E-state index contributed by atoms with van der Waals surface area (Å²) in [6.45, 7) is 0.198. The van der Waals surface area contributed by atoms with Crippen LogP contribution in [0.25, 0.3) is 10.8 Å². The molecule has 0 bridgehead atoms. The van der Waals surface area contributed by atoms with Gasteiger partial charge in [0.25, 0.3) is 5.91 Å². The summed E-state index contributed by atoms with van der Waals surface area (Å²) in [6.07, 6.45) is 2.25. The number of anilines is 1. The Morgan fingerprint density at radius 3 is 2.84 bits per heavy atom. The van der Waals surface area contributed by atoms with Gasteiger partial charge in [0.15, 0.2) is 11.5 Å². The van der Waals surface area contributed by atoms with Gasteiger partial charge in [-0.15, -0.1) is 22.0 Å². The zero-order valence-corrected chi connectivity index (χ0v) is 18.0. The van der Waals surface area contributed by atoms with Crippen LogP contribution in [0.2, 0.25) is 0 Å². The van der Waals surface area contributed by atoms with Crippen molar-refractivity contribution < 1.29 is 14.3 Å². The zero-order chi connectivity index (χ0) is 20.8. The van der Waals surface area contributed by atoms with Crippen molar-refractivity contribution >= 4 is 45.5 Å². The van der Waals surface area contributed by atoms with Gasteiger partial charge in [-0.25, -0.2) is 0 Å². The van der Waals surface area contributed by atoms with Crippen LogP contribution in [-0.2, 0) is 18.6 Å². The van der Waals surface area contributed by atoms with Crippen molar-refractivity contribution in [1.82, 2.24) is 10.2 Å². The van der Waals surface area contributed by atoms with E-state index in [9.17, 15) is 4.79 Å². The molecule has 0 fully saturated rings. The first-order valence-corrected chi connectivity index (χ1v) is 11.7. The van der Waals surface area contributed by atoms with Crippen LogP contribution >= 0.6 is 23.1 Å². The minimum Gasteiger partial charge on any atom is -0.454 e. The molecule has 4 aromatic rings. The average molecular weight is 448 g/mol. The van der Waals surface area contributed by atoms with E-state index < -0.39 is 0 Å². The van der Waals surface area contributed by atoms with Crippen molar-refractivity contribution in [3.05, 3.63) is 69.7 Å². The molecule has 0 atom stereocenters. The van der Waals surface area contributed by atoms with Crippen molar-refractivity contribution in [1.29, 1.82) is 0 Å². The van der Waals surface area contributed by atoms with Crippen molar-refractivity contribution in [2.75, 3.05) is 12.1 Å². The van der Waals surface area contributed by atoms with Gasteiger partial charge >= 0.3 is 0 Å². The van der Waals surface area contributed by atoms with Crippen molar-refractivity contribution in [2.24, 2.45) is 0 Å². The first kappa shape index (κ1) is 18.7. The topological polar surface area (TPSA) is 73.3 Å². The van der Waals surface area contributed by atoms with Gasteiger partial charge in [-0.05, 0) is 52.9 Å². The van der Waals surface area contributed by atoms with Gasteiger partial charge in [-0.1, -0.05) is 35.6 Å². The average Bonchev–Trinajstić information content (AvgIpc) is 3.53. The predicted octanol–water partition coefficient (Wildman–Crippen LogP) is 5.06. The molecule has 154 valence electrons. The van der Waals surface area contributed by atoms with Crippen molar-refractivity contribution in [2.45, 2.75) is 23.5 Å². The summed E-state index contributed by atoms with van der Waals surface area (Å²) in [5.74, 6) is 1.69. The van der Waals surface area contributed by atoms with E-state index in [1.807, 2.05) is 0 Å². The van der Waals surface area contributed by atoms with Gasteiger partial charge in [-0.2, -0.15) is 0 Å². The van der Waals surface area contributed by atoms with E-state index in [1.165, 1.54) is 38.1 Å². The maximum atomic E-state index is 12.6. The monoisotopic (exact) mass is 447 g/mol. The van der Waals surface area contributed by atoms with Gasteiger partial charge in [0.1, 0.15) is 5.01 Å². The number of rotatable bonds is 5. The Morgan fingerprint density at radius 1 is 1.03 bits per heavy atom. The molecule has 0 unspecified atom stereocenters. The second-order valence-corrected chi connectivity index (χ2v) is 9.45. The Kier molecular flexibility index (Phi) is 4.54. The van der Waals surface area contributed by atoms with Gasteiger partial charge < -0.3 is 14.8 Å². The molecule has 0 radical (unpaired) electrons. The van der Waals surface area contributed by atoms with E-state index >= 15 is 0 Å². The first-order chi connectivity index (χ1) is 15.2. The molecule has 6 nitrogen and oxygen atoms in total. The SMILES string of the molecule is O=C(Nc1ccc2c(c1)OCO2)c1nnc(CSc2ccc3c4c(cccc24)CC3)s1. The van der Waals surface area contributed by atoms with Crippen LogP contribution in [0.3, 0.4) is 0 Å². The fraction of sp³-hybridized carbons (Fsp3) is 0.174. The second-order valence-electron chi connectivity index (χ2n) is 7.37. The molecule has 0 spiro atoms. The lowest BCUT2D eigenvalue weighted by atomic mass is 10.1. The minimum absolute atomic E-state index is 0.198. The zero-order valence-electron chi connectivity index (χ0n) is 16.4. The smallest absolute Gasteiger partial charge is 0.286 e. The summed E-state index contributed by atoms with van der Waals surface area (Å²) in [5.41, 5.74) is 3.51. The first-order valence-electron chi connectivity index (χ1n) is 9.94. The number of benzene rings is 3. The molecule has 2 aliphatic rings. The number of carbonyl (C=O) groups is 1. The van der Waals surface area contributed by atoms with Crippen LogP contribution in [0.4, 0.5) is 5.69 Å². The van der Waals surface area contributed by atoms with Crippen LogP contribution in [0.15, 0.2) is 53.4 Å². The number of aromatic nitrogens is 2. The molecule has 1 aromatic heterocycles. The fourth-order valence-corrected chi connectivity index (χ4v) is 5.82. The third-order valence-electron chi connectivity index (χ3n) is 5.48. The molecular weight excluding hydrogens is 430 g/mol. The van der Waals surface area contributed by atoms with E-state index in [2.05, 4.69) is 45.8 Å². The van der Waals surface area contributed by atoms with Gasteiger partial charge in [0.2, 0.25) is 11.8 Å². The number of aryl methyl sites for hydroxylation is 2. The number of nitrogens with zero attached hydrogens (tertiary/aromatic N) is 2. The molecule has 1 N–H and O–H groups in total. The molecule has 0 saturated heterocycles. The van der Waals surface area contributed by atoms with Gasteiger partial charge in [0, 0.05) is 16.6 Å². The maximum absolute atomic E-state index is 12.6. The Bertz CT molecular complexity index is 1320. The molecule has 6 rings (SSSR count). The molecule has 8 heteroatoms. The van der Waals surface area contributed by atoms with E-state index in [1.54, 1.807) is 30.0 Å². The van der Waals surface area contributed by atoms with Crippen LogP contribution in [0, 0.1) is 0 Å². The molecule has 1 aliphatic carbocycles. The number of hydrogen-bond donors (Lipinski definition) is 1. The summed E-state index contributed by atoms with van der Waals surface area (Å²) in [4.78, 5) is 13.8. The highest BCUT2D eigenvalue weighted by Gasteiger charge is 2.18. The highest BCUT2D eigenvalue weighted by molar-refractivity contribution is 7.98. The summed E-state index contributed by atoms with van der Waals surface area (Å²) in [7, 11) is 0. The van der Waals surface area contributed by atoms with Crippen LogP contribution < -0.4 is 14.8 Å². The Hall–Kier alpha value is -3.10. The molecule has 1 amide bonds. The molecule has 3 aromatic carbocycles. The summed E-state index contributed by atoms with van der Waals surface area (Å²) >= 11 is 3.05. The van der Waals surface area contributed by atoms with E-state index in [0.717, 1.165) is 17.8 Å². The lowest BCUT2D eigenvalue weighted by molar-refractivity contribution is 0.102. The van der Waals surface area contributed by atoms with Gasteiger partial charge in [-0.3, -0.25) is 4.79 Å². The van der Waals surface area contributed by atoms with E-state index in [4.69, 9.17) is 9.47 Å². The number of carbonyl (C=O) groups excluding carboxylic acids is 1. The molecule has 0 saturated carbocycles. The molecular formula is C23H17N3O3S2. The maximum Gasteiger partial charge on any atom is 0.286 e. The lowest BCUT2D eigenvalue weighted by Gasteiger charge is -2.07. The summed E-state index contributed by atoms with van der Waals surface area (Å²) in [6, 6.07) is 16.3. The fourth-order valence-electron chi connectivity index (χ4n) is 4.05. The Morgan fingerprint density at radius 2 is 1.90 bits per heavy atom. The number of ether oxygens (including phenoxy) is 2.